The molecule has 7 nitrogen and oxygen atoms in total. The average molecular weight is 423 g/mol. The van der Waals surface area contributed by atoms with Crippen molar-refractivity contribution in [3.63, 3.8) is 0 Å². The summed E-state index contributed by atoms with van der Waals surface area (Å²) >= 11 is 5.92. The molecule has 0 fully saturated rings. The van der Waals surface area contributed by atoms with E-state index in [0.29, 0.717) is 29.2 Å². The van der Waals surface area contributed by atoms with Crippen LogP contribution in [0.5, 0.6) is 0 Å². The van der Waals surface area contributed by atoms with Gasteiger partial charge in [-0.2, -0.15) is 4.98 Å². The van der Waals surface area contributed by atoms with Gasteiger partial charge in [0.15, 0.2) is 5.96 Å². The molecule has 0 spiro atoms. The summed E-state index contributed by atoms with van der Waals surface area (Å²) in [4.78, 5) is 12.0. The van der Waals surface area contributed by atoms with E-state index in [9.17, 15) is 0 Å². The zero-order valence-electron chi connectivity index (χ0n) is 16.9. The van der Waals surface area contributed by atoms with Crippen LogP contribution < -0.4 is 10.6 Å². The third-order valence-corrected chi connectivity index (χ3v) is 5.15. The zero-order chi connectivity index (χ0) is 20.9. The molecule has 0 unspecified atom stereocenters. The van der Waals surface area contributed by atoms with E-state index in [2.05, 4.69) is 62.1 Å². The lowest BCUT2D eigenvalue weighted by molar-refractivity contribution is 0.375. The van der Waals surface area contributed by atoms with Crippen LogP contribution in [-0.2, 0) is 13.0 Å². The minimum atomic E-state index is 0.381. The lowest BCUT2D eigenvalue weighted by Crippen LogP contribution is -2.37. The predicted molar refractivity (Wildman–Crippen MR) is 120 cm³/mol. The van der Waals surface area contributed by atoms with E-state index in [-0.39, 0.29) is 0 Å². The summed E-state index contributed by atoms with van der Waals surface area (Å²) in [5.74, 6) is 1.69. The van der Waals surface area contributed by atoms with Crippen molar-refractivity contribution in [1.82, 2.24) is 25.8 Å². The fraction of sp³-hybridized carbons (Fsp3) is 0.227. The Bertz CT molecular complexity index is 1160. The second-order valence-corrected chi connectivity index (χ2v) is 7.37. The van der Waals surface area contributed by atoms with Crippen molar-refractivity contribution in [1.29, 1.82) is 0 Å². The molecule has 154 valence electrons. The van der Waals surface area contributed by atoms with Crippen LogP contribution in [0, 0.1) is 6.92 Å². The number of hydrogen-bond donors (Lipinski definition) is 3. The number of rotatable bonds is 6. The summed E-state index contributed by atoms with van der Waals surface area (Å²) in [6.07, 6.45) is 2.96. The normalized spacial score (nSPS) is 11.8. The molecule has 0 saturated carbocycles. The number of aryl methyl sites for hydroxylation is 1. The van der Waals surface area contributed by atoms with Gasteiger partial charge in [-0.15, -0.1) is 0 Å². The Labute approximate surface area is 179 Å². The van der Waals surface area contributed by atoms with E-state index < -0.39 is 0 Å². The summed E-state index contributed by atoms with van der Waals surface area (Å²) in [5.41, 5.74) is 4.58. The van der Waals surface area contributed by atoms with E-state index in [1.54, 1.807) is 19.2 Å². The molecule has 0 aliphatic carbocycles. The summed E-state index contributed by atoms with van der Waals surface area (Å²) in [6, 6.07) is 13.7. The highest BCUT2D eigenvalue weighted by atomic mass is 35.5. The number of aromatic amines is 1. The van der Waals surface area contributed by atoms with E-state index >= 15 is 0 Å². The van der Waals surface area contributed by atoms with Crippen molar-refractivity contribution in [2.45, 2.75) is 19.9 Å². The molecule has 4 aromatic rings. The number of H-pyrrole nitrogens is 1. The van der Waals surface area contributed by atoms with Crippen LogP contribution in [0.15, 0.2) is 58.2 Å². The number of nitrogens with zero attached hydrogens (tertiary/aromatic N) is 3. The number of aliphatic imine (C=N–C) groups is 1. The smallest absolute Gasteiger partial charge is 0.246 e. The number of nitrogens with one attached hydrogen (secondary N) is 3. The fourth-order valence-corrected chi connectivity index (χ4v) is 3.44. The molecule has 0 radical (unpaired) electrons. The molecular formula is C22H23ClN6O. The highest BCUT2D eigenvalue weighted by molar-refractivity contribution is 6.30. The second-order valence-electron chi connectivity index (χ2n) is 6.93. The fourth-order valence-electron chi connectivity index (χ4n) is 3.31. The molecule has 8 heteroatoms. The van der Waals surface area contributed by atoms with Crippen molar-refractivity contribution in [2.75, 3.05) is 13.6 Å². The summed E-state index contributed by atoms with van der Waals surface area (Å²) in [5, 5.41) is 12.5. The number of fused-ring (bicyclic) bond motifs is 1. The summed E-state index contributed by atoms with van der Waals surface area (Å²) in [7, 11) is 1.73. The largest absolute Gasteiger partial charge is 0.361 e. The molecule has 2 heterocycles. The van der Waals surface area contributed by atoms with Gasteiger partial charge < -0.3 is 20.1 Å². The van der Waals surface area contributed by atoms with E-state index in [0.717, 1.165) is 18.5 Å². The molecule has 3 N–H and O–H groups in total. The van der Waals surface area contributed by atoms with Gasteiger partial charge in [0, 0.05) is 41.3 Å². The quantitative estimate of drug-likeness (QED) is 0.321. The van der Waals surface area contributed by atoms with Gasteiger partial charge >= 0.3 is 0 Å². The minimum Gasteiger partial charge on any atom is -0.361 e. The van der Waals surface area contributed by atoms with Crippen LogP contribution in [0.1, 0.15) is 17.0 Å². The zero-order valence-corrected chi connectivity index (χ0v) is 17.6. The maximum atomic E-state index is 5.92. The topological polar surface area (TPSA) is 91.1 Å². The van der Waals surface area contributed by atoms with E-state index in [1.165, 1.54) is 22.0 Å². The first-order valence-electron chi connectivity index (χ1n) is 9.72. The molecule has 4 rings (SSSR count). The lowest BCUT2D eigenvalue weighted by Gasteiger charge is -2.10. The molecule has 2 aromatic heterocycles. The van der Waals surface area contributed by atoms with Crippen LogP contribution >= 0.6 is 11.6 Å². The Kier molecular flexibility index (Phi) is 5.99. The average Bonchev–Trinajstić information content (AvgIpc) is 3.39. The molecule has 0 bridgehead atoms. The number of benzene rings is 2. The lowest BCUT2D eigenvalue weighted by atomic mass is 10.1. The molecule has 0 saturated heterocycles. The number of para-hydroxylation sites is 1. The highest BCUT2D eigenvalue weighted by Gasteiger charge is 2.10. The first kappa shape index (κ1) is 20.0. The predicted octanol–water partition coefficient (Wildman–Crippen LogP) is 4.09. The Morgan fingerprint density at radius 2 is 2.00 bits per heavy atom. The maximum Gasteiger partial charge on any atom is 0.246 e. The van der Waals surface area contributed by atoms with Gasteiger partial charge in [-0.25, -0.2) is 0 Å². The Morgan fingerprint density at radius 3 is 2.80 bits per heavy atom. The van der Waals surface area contributed by atoms with Gasteiger partial charge in [0.25, 0.3) is 0 Å². The monoisotopic (exact) mass is 422 g/mol. The molecule has 2 aromatic carbocycles. The van der Waals surface area contributed by atoms with Gasteiger partial charge in [0.05, 0.1) is 6.54 Å². The Hall–Kier alpha value is -3.32. The Balaban J connectivity index is 1.30. The SMILES string of the molecule is CN=C(NCCc1c[nH]c2c(C)cccc12)NCc1nc(-c2ccc(Cl)cc2)no1. The van der Waals surface area contributed by atoms with Gasteiger partial charge in [-0.05, 0) is 48.7 Å². The first-order valence-corrected chi connectivity index (χ1v) is 10.1. The van der Waals surface area contributed by atoms with Crippen LogP contribution in [-0.4, -0.2) is 34.7 Å². The van der Waals surface area contributed by atoms with Crippen molar-refractivity contribution < 1.29 is 4.52 Å². The number of guanidine groups is 1. The molecule has 0 aliphatic rings. The van der Waals surface area contributed by atoms with Crippen molar-refractivity contribution >= 4 is 28.5 Å². The highest BCUT2D eigenvalue weighted by Crippen LogP contribution is 2.21. The van der Waals surface area contributed by atoms with Crippen LogP contribution in [0.2, 0.25) is 5.02 Å². The number of aromatic nitrogens is 3. The van der Waals surface area contributed by atoms with Crippen molar-refractivity contribution in [2.24, 2.45) is 4.99 Å². The number of halogens is 1. The molecule has 0 atom stereocenters. The van der Waals surface area contributed by atoms with Crippen LogP contribution in [0.3, 0.4) is 0 Å². The molecule has 0 aliphatic heterocycles. The summed E-state index contributed by atoms with van der Waals surface area (Å²) < 4.78 is 5.32. The van der Waals surface area contributed by atoms with Crippen LogP contribution in [0.4, 0.5) is 0 Å². The molecular weight excluding hydrogens is 400 g/mol. The molecule has 0 amide bonds. The standard InChI is InChI=1S/C22H23ClN6O/c1-14-4-3-5-18-16(12-26-20(14)18)10-11-25-22(24-2)27-13-19-28-21(29-30-19)15-6-8-17(23)9-7-15/h3-9,12,26H,10-11,13H2,1-2H3,(H2,24,25,27). The summed E-state index contributed by atoms with van der Waals surface area (Å²) in [6.45, 7) is 3.25. The Morgan fingerprint density at radius 1 is 1.17 bits per heavy atom. The number of hydrogen-bond acceptors (Lipinski definition) is 4. The van der Waals surface area contributed by atoms with Gasteiger partial charge in [0.2, 0.25) is 11.7 Å². The van der Waals surface area contributed by atoms with E-state index in [4.69, 9.17) is 16.1 Å². The van der Waals surface area contributed by atoms with Gasteiger partial charge in [-0.1, -0.05) is 35.0 Å². The minimum absolute atomic E-state index is 0.381. The maximum absolute atomic E-state index is 5.92. The van der Waals surface area contributed by atoms with Crippen molar-refractivity contribution in [3.05, 3.63) is 70.7 Å². The third kappa shape index (κ3) is 4.46. The second kappa shape index (κ2) is 9.00. The molecule has 30 heavy (non-hydrogen) atoms. The van der Waals surface area contributed by atoms with E-state index in [1.807, 2.05) is 12.1 Å². The van der Waals surface area contributed by atoms with Gasteiger partial charge in [-0.3, -0.25) is 4.99 Å². The van der Waals surface area contributed by atoms with Crippen LogP contribution in [0.25, 0.3) is 22.3 Å². The van der Waals surface area contributed by atoms with Gasteiger partial charge in [0.1, 0.15) is 0 Å². The first-order chi connectivity index (χ1) is 14.6. The third-order valence-electron chi connectivity index (χ3n) is 4.90. The van der Waals surface area contributed by atoms with Crippen molar-refractivity contribution in [3.8, 4) is 11.4 Å².